The molecule has 0 rings (SSSR count). The first kappa shape index (κ1) is 25.0. The Morgan fingerprint density at radius 3 is 1.08 bits per heavy atom. The highest BCUT2D eigenvalue weighted by atomic mass is 33.1. The van der Waals surface area contributed by atoms with Gasteiger partial charge < -0.3 is 18.9 Å². The first-order valence-electron chi connectivity index (χ1n) is 9.43. The molecule has 0 fully saturated rings. The van der Waals surface area contributed by atoms with Gasteiger partial charge in [-0.15, -0.1) is 0 Å². The maximum absolute atomic E-state index is 5.76. The Labute approximate surface area is 161 Å². The molecule has 0 bridgehead atoms. The molecule has 146 valence electrons. The highest BCUT2D eigenvalue weighted by Crippen LogP contribution is 2.34. The lowest BCUT2D eigenvalue weighted by Crippen LogP contribution is -2.33. The Bertz CT molecular complexity index is 240. The summed E-state index contributed by atoms with van der Waals surface area (Å²) in [5, 5.41) is 0. The molecular formula is C16H38O4S2Si2. The maximum atomic E-state index is 5.76. The van der Waals surface area contributed by atoms with Crippen LogP contribution in [-0.2, 0) is 18.9 Å². The van der Waals surface area contributed by atoms with Crippen LogP contribution in [0.25, 0.3) is 0 Å². The molecule has 0 N–H and O–H groups in total. The zero-order valence-electron chi connectivity index (χ0n) is 16.4. The predicted molar refractivity (Wildman–Crippen MR) is 115 cm³/mol. The molecule has 0 amide bonds. The van der Waals surface area contributed by atoms with E-state index in [0.29, 0.717) is 9.75 Å². The van der Waals surface area contributed by atoms with Crippen LogP contribution in [-0.4, -0.2) is 67.0 Å². The smallest absolute Gasteiger partial charge is 0.136 e. The minimum absolute atomic E-state index is 0.0648. The maximum Gasteiger partial charge on any atom is 0.136 e. The van der Waals surface area contributed by atoms with Crippen LogP contribution in [0.1, 0.15) is 54.4 Å². The van der Waals surface area contributed by atoms with Crippen molar-refractivity contribution in [3.63, 3.8) is 0 Å². The third-order valence-corrected chi connectivity index (χ3v) is 14.4. The van der Waals surface area contributed by atoms with Crippen molar-refractivity contribution in [1.82, 2.24) is 0 Å². The van der Waals surface area contributed by atoms with E-state index in [1.165, 1.54) is 12.8 Å². The van der Waals surface area contributed by atoms with E-state index >= 15 is 0 Å². The lowest BCUT2D eigenvalue weighted by atomic mass is 10.6. The van der Waals surface area contributed by atoms with Gasteiger partial charge in [-0.3, -0.25) is 0 Å². The van der Waals surface area contributed by atoms with Gasteiger partial charge >= 0.3 is 0 Å². The van der Waals surface area contributed by atoms with Gasteiger partial charge in [0, 0.05) is 36.2 Å². The van der Waals surface area contributed by atoms with E-state index in [2.05, 4.69) is 35.4 Å². The summed E-state index contributed by atoms with van der Waals surface area (Å²) >= 11 is 0. The summed E-state index contributed by atoms with van der Waals surface area (Å²) in [6.07, 6.45) is 2.39. The van der Waals surface area contributed by atoms with Crippen molar-refractivity contribution >= 4 is 40.6 Å². The van der Waals surface area contributed by atoms with Crippen LogP contribution in [0.15, 0.2) is 0 Å². The quantitative estimate of drug-likeness (QED) is 0.207. The Balaban J connectivity index is 4.38. The SMILES string of the molecule is CCOC(OCC)[SiH2]C(CC)SSC(CC)[SiH2]C(OCC)OCC. The van der Waals surface area contributed by atoms with E-state index in [1.54, 1.807) is 0 Å². The number of rotatable bonds is 17. The van der Waals surface area contributed by atoms with Crippen molar-refractivity contribution in [2.45, 2.75) is 76.0 Å². The van der Waals surface area contributed by atoms with Gasteiger partial charge in [-0.25, -0.2) is 0 Å². The van der Waals surface area contributed by atoms with Gasteiger partial charge in [0.25, 0.3) is 0 Å². The molecular weight excluding hydrogens is 376 g/mol. The zero-order chi connectivity index (χ0) is 18.2. The van der Waals surface area contributed by atoms with Gasteiger partial charge in [-0.05, 0) is 40.5 Å². The second-order valence-corrected chi connectivity index (χ2v) is 13.7. The second kappa shape index (κ2) is 17.4. The van der Waals surface area contributed by atoms with Crippen LogP contribution in [0, 0.1) is 0 Å². The van der Waals surface area contributed by atoms with Crippen molar-refractivity contribution in [1.29, 1.82) is 0 Å². The van der Waals surface area contributed by atoms with E-state index in [1.807, 2.05) is 27.7 Å². The fourth-order valence-corrected chi connectivity index (χ4v) is 12.0. The molecule has 0 aliphatic rings. The first-order chi connectivity index (χ1) is 11.6. The number of hydrogen-bond donors (Lipinski definition) is 0. The molecule has 0 aliphatic carbocycles. The monoisotopic (exact) mass is 414 g/mol. The molecule has 0 heterocycles. The van der Waals surface area contributed by atoms with Gasteiger partial charge in [0.2, 0.25) is 0 Å². The van der Waals surface area contributed by atoms with Crippen LogP contribution in [0.5, 0.6) is 0 Å². The largest absolute Gasteiger partial charge is 0.357 e. The fraction of sp³-hybridized carbons (Fsp3) is 1.00. The Morgan fingerprint density at radius 1 is 0.583 bits per heavy atom. The minimum atomic E-state index is -0.429. The summed E-state index contributed by atoms with van der Waals surface area (Å²) in [6.45, 7) is 15.7. The van der Waals surface area contributed by atoms with Crippen molar-refractivity contribution in [2.75, 3.05) is 26.4 Å². The highest BCUT2D eigenvalue weighted by molar-refractivity contribution is 8.77. The van der Waals surface area contributed by atoms with Gasteiger partial charge in [-0.2, -0.15) is 0 Å². The second-order valence-electron chi connectivity index (χ2n) is 5.40. The van der Waals surface area contributed by atoms with Gasteiger partial charge in [0.15, 0.2) is 0 Å². The van der Waals surface area contributed by atoms with E-state index in [9.17, 15) is 0 Å². The fourth-order valence-electron chi connectivity index (χ4n) is 2.25. The van der Waals surface area contributed by atoms with Crippen molar-refractivity contribution in [3.05, 3.63) is 0 Å². The molecule has 0 saturated heterocycles. The van der Waals surface area contributed by atoms with E-state index in [0.717, 1.165) is 26.4 Å². The van der Waals surface area contributed by atoms with Gasteiger partial charge in [0.1, 0.15) is 30.9 Å². The van der Waals surface area contributed by atoms with Gasteiger partial charge in [-0.1, -0.05) is 35.4 Å². The summed E-state index contributed by atoms with van der Waals surface area (Å²) in [5.74, 6) is 0.130. The highest BCUT2D eigenvalue weighted by Gasteiger charge is 2.22. The lowest BCUT2D eigenvalue weighted by molar-refractivity contribution is -0.0831. The van der Waals surface area contributed by atoms with E-state index in [4.69, 9.17) is 18.9 Å². The predicted octanol–water partition coefficient (Wildman–Crippen LogP) is 2.89. The molecule has 0 aliphatic heterocycles. The standard InChI is InChI=1S/C16H38O4S2Si2/c1-7-13(23-15(17-9-3)18-10-4)21-22-14(8-2)24-16(19-11-5)20-12-6/h13-16H,7-12,23-24H2,1-6H3. The Hall–Kier alpha value is 0.974. The molecule has 2 atom stereocenters. The van der Waals surface area contributed by atoms with E-state index in [-0.39, 0.29) is 11.8 Å². The van der Waals surface area contributed by atoms with Gasteiger partial charge in [0.05, 0.1) is 0 Å². The van der Waals surface area contributed by atoms with Crippen LogP contribution >= 0.6 is 21.6 Å². The zero-order valence-corrected chi connectivity index (χ0v) is 20.9. The van der Waals surface area contributed by atoms with Crippen LogP contribution in [0.3, 0.4) is 0 Å². The molecule has 8 heteroatoms. The van der Waals surface area contributed by atoms with Crippen LogP contribution in [0.2, 0.25) is 0 Å². The molecule has 24 heavy (non-hydrogen) atoms. The third kappa shape index (κ3) is 12.3. The molecule has 0 radical (unpaired) electrons. The number of hydrogen-bond acceptors (Lipinski definition) is 6. The normalized spacial score (nSPS) is 15.5. The summed E-state index contributed by atoms with van der Waals surface area (Å²) in [7, 11) is 3.25. The van der Waals surface area contributed by atoms with Crippen molar-refractivity contribution < 1.29 is 18.9 Å². The van der Waals surface area contributed by atoms with Crippen LogP contribution < -0.4 is 0 Å². The minimum Gasteiger partial charge on any atom is -0.357 e. The summed E-state index contributed by atoms with van der Waals surface area (Å²) in [6, 6.07) is 0. The summed E-state index contributed by atoms with van der Waals surface area (Å²) in [5.41, 5.74) is 0. The molecule has 0 spiro atoms. The molecule has 0 aromatic heterocycles. The Kier molecular flexibility index (Phi) is 18.1. The van der Waals surface area contributed by atoms with Crippen molar-refractivity contribution in [2.24, 2.45) is 0 Å². The number of ether oxygens (including phenoxy) is 4. The molecule has 0 aromatic carbocycles. The Morgan fingerprint density at radius 2 is 0.875 bits per heavy atom. The van der Waals surface area contributed by atoms with E-state index < -0.39 is 19.0 Å². The topological polar surface area (TPSA) is 36.9 Å². The average Bonchev–Trinajstić information content (AvgIpc) is 2.57. The summed E-state index contributed by atoms with van der Waals surface area (Å²) in [4.78, 5) is 1.39. The summed E-state index contributed by atoms with van der Waals surface area (Å²) < 4.78 is 23.0. The molecule has 2 unspecified atom stereocenters. The molecule has 0 saturated carbocycles. The first-order valence-corrected chi connectivity index (χ1v) is 15.0. The third-order valence-electron chi connectivity index (χ3n) is 3.56. The van der Waals surface area contributed by atoms with Crippen LogP contribution in [0.4, 0.5) is 0 Å². The lowest BCUT2D eigenvalue weighted by Gasteiger charge is -2.24. The van der Waals surface area contributed by atoms with Crippen molar-refractivity contribution in [3.8, 4) is 0 Å². The molecule has 0 aromatic rings. The molecule has 4 nitrogen and oxygen atoms in total. The average molecular weight is 415 g/mol.